The SMILES string of the molecule is COC(=O)c1cc(Cl)ccc1Nc1c(C2CCC(F)CC2)cnc2ccc(Cl)cc12. The third-order valence-corrected chi connectivity index (χ3v) is 6.07. The Morgan fingerprint density at radius 3 is 2.53 bits per heavy atom. The molecule has 156 valence electrons. The van der Waals surface area contributed by atoms with Crippen molar-refractivity contribution in [2.45, 2.75) is 37.8 Å². The molecule has 0 aliphatic heterocycles. The van der Waals surface area contributed by atoms with E-state index in [0.29, 0.717) is 34.1 Å². The standard InChI is InChI=1S/C23H21Cl2FN2O2/c1-30-23(29)18-11-15(25)5-9-21(18)28-22-17-10-14(24)4-8-20(17)27-12-19(22)13-2-6-16(26)7-3-13/h4-5,8-13,16H,2-3,6-7H2,1H3,(H,27,28). The number of carbonyl (C=O) groups excluding carboxylic acids is 1. The fraction of sp³-hybridized carbons (Fsp3) is 0.304. The minimum atomic E-state index is -0.747. The number of ether oxygens (including phenoxy) is 1. The van der Waals surface area contributed by atoms with Crippen molar-refractivity contribution < 1.29 is 13.9 Å². The van der Waals surface area contributed by atoms with E-state index in [1.165, 1.54) is 7.11 Å². The van der Waals surface area contributed by atoms with E-state index in [9.17, 15) is 9.18 Å². The number of anilines is 2. The van der Waals surface area contributed by atoms with Gasteiger partial charge < -0.3 is 10.1 Å². The van der Waals surface area contributed by atoms with Crippen molar-refractivity contribution in [3.05, 3.63) is 63.8 Å². The molecule has 1 N–H and O–H groups in total. The molecular formula is C23H21Cl2FN2O2. The molecule has 4 rings (SSSR count). The number of nitrogens with one attached hydrogen (secondary N) is 1. The lowest BCUT2D eigenvalue weighted by molar-refractivity contribution is 0.0602. The first kappa shape index (κ1) is 20.9. The fourth-order valence-electron chi connectivity index (χ4n) is 4.03. The average molecular weight is 447 g/mol. The van der Waals surface area contributed by atoms with Crippen LogP contribution in [0, 0.1) is 0 Å². The molecule has 1 heterocycles. The van der Waals surface area contributed by atoms with Gasteiger partial charge in [0.25, 0.3) is 0 Å². The first-order valence-electron chi connectivity index (χ1n) is 9.83. The number of hydrogen-bond donors (Lipinski definition) is 1. The largest absolute Gasteiger partial charge is 0.465 e. The number of carbonyl (C=O) groups is 1. The molecule has 0 saturated heterocycles. The summed E-state index contributed by atoms with van der Waals surface area (Å²) in [7, 11) is 1.33. The second-order valence-corrected chi connectivity index (χ2v) is 8.38. The molecule has 1 saturated carbocycles. The van der Waals surface area contributed by atoms with E-state index < -0.39 is 12.1 Å². The maximum atomic E-state index is 13.7. The van der Waals surface area contributed by atoms with Crippen LogP contribution < -0.4 is 5.32 Å². The van der Waals surface area contributed by atoms with E-state index in [1.54, 1.807) is 24.3 Å². The molecule has 1 fully saturated rings. The Balaban J connectivity index is 1.85. The molecule has 2 aromatic carbocycles. The lowest BCUT2D eigenvalue weighted by atomic mass is 9.82. The van der Waals surface area contributed by atoms with Crippen LogP contribution >= 0.6 is 23.2 Å². The molecule has 4 nitrogen and oxygen atoms in total. The van der Waals surface area contributed by atoms with Gasteiger partial charge in [0.1, 0.15) is 6.17 Å². The van der Waals surface area contributed by atoms with Gasteiger partial charge in [-0.25, -0.2) is 9.18 Å². The summed E-state index contributed by atoms with van der Waals surface area (Å²) in [4.78, 5) is 16.9. The molecule has 0 amide bonds. The predicted molar refractivity (Wildman–Crippen MR) is 119 cm³/mol. The van der Waals surface area contributed by atoms with E-state index >= 15 is 0 Å². The fourth-order valence-corrected chi connectivity index (χ4v) is 4.38. The van der Waals surface area contributed by atoms with Gasteiger partial charge in [0.2, 0.25) is 0 Å². The number of nitrogens with zero attached hydrogens (tertiary/aromatic N) is 1. The zero-order chi connectivity index (χ0) is 21.3. The summed E-state index contributed by atoms with van der Waals surface area (Å²) in [6.07, 6.45) is 3.65. The number of methoxy groups -OCH3 is 1. The van der Waals surface area contributed by atoms with Gasteiger partial charge in [0, 0.05) is 21.6 Å². The predicted octanol–water partition coefficient (Wildman–Crippen LogP) is 7.07. The molecular weight excluding hydrogens is 426 g/mol. The number of halogens is 3. The summed E-state index contributed by atoms with van der Waals surface area (Å²) in [5.41, 5.74) is 3.48. The first-order chi connectivity index (χ1) is 14.5. The Morgan fingerprint density at radius 2 is 1.80 bits per heavy atom. The summed E-state index contributed by atoms with van der Waals surface area (Å²) >= 11 is 12.4. The minimum absolute atomic E-state index is 0.171. The second-order valence-electron chi connectivity index (χ2n) is 7.51. The highest BCUT2D eigenvalue weighted by Crippen LogP contribution is 2.41. The van der Waals surface area contributed by atoms with Crippen LogP contribution in [0.15, 0.2) is 42.6 Å². The quantitative estimate of drug-likeness (QED) is 0.435. The van der Waals surface area contributed by atoms with Crippen LogP contribution in [-0.2, 0) is 4.74 Å². The van der Waals surface area contributed by atoms with E-state index in [-0.39, 0.29) is 5.92 Å². The van der Waals surface area contributed by atoms with E-state index in [0.717, 1.165) is 35.0 Å². The van der Waals surface area contributed by atoms with Crippen LogP contribution in [0.3, 0.4) is 0 Å². The molecule has 0 atom stereocenters. The van der Waals surface area contributed by atoms with Crippen molar-refractivity contribution >= 4 is 51.4 Å². The number of hydrogen-bond acceptors (Lipinski definition) is 4. The number of rotatable bonds is 4. The Bertz CT molecular complexity index is 1100. The summed E-state index contributed by atoms with van der Waals surface area (Å²) in [6.45, 7) is 0. The van der Waals surface area contributed by atoms with Crippen LogP contribution in [-0.4, -0.2) is 24.2 Å². The third kappa shape index (κ3) is 4.23. The molecule has 0 unspecified atom stereocenters. The molecule has 30 heavy (non-hydrogen) atoms. The van der Waals surface area contributed by atoms with Gasteiger partial charge in [-0.15, -0.1) is 0 Å². The highest BCUT2D eigenvalue weighted by molar-refractivity contribution is 6.31. The third-order valence-electron chi connectivity index (χ3n) is 5.60. The normalized spacial score (nSPS) is 18.9. The summed E-state index contributed by atoms with van der Waals surface area (Å²) in [6, 6.07) is 10.5. The highest BCUT2D eigenvalue weighted by Gasteiger charge is 2.26. The minimum Gasteiger partial charge on any atom is -0.465 e. The molecule has 1 aromatic heterocycles. The monoisotopic (exact) mass is 446 g/mol. The van der Waals surface area contributed by atoms with Crippen LogP contribution in [0.2, 0.25) is 10.0 Å². The van der Waals surface area contributed by atoms with Gasteiger partial charge in [-0.2, -0.15) is 0 Å². The number of aromatic nitrogens is 1. The summed E-state index contributed by atoms with van der Waals surface area (Å²) < 4.78 is 18.7. The Morgan fingerprint density at radius 1 is 1.10 bits per heavy atom. The maximum absolute atomic E-state index is 13.7. The van der Waals surface area contributed by atoms with Crippen LogP contribution in [0.25, 0.3) is 10.9 Å². The Hall–Kier alpha value is -2.37. The maximum Gasteiger partial charge on any atom is 0.340 e. The number of fused-ring (bicyclic) bond motifs is 1. The van der Waals surface area contributed by atoms with Crippen molar-refractivity contribution in [1.29, 1.82) is 0 Å². The molecule has 0 spiro atoms. The van der Waals surface area contributed by atoms with E-state index in [4.69, 9.17) is 27.9 Å². The molecule has 0 radical (unpaired) electrons. The zero-order valence-electron chi connectivity index (χ0n) is 16.4. The summed E-state index contributed by atoms with van der Waals surface area (Å²) in [5.74, 6) is -0.319. The smallest absolute Gasteiger partial charge is 0.340 e. The number of alkyl halides is 1. The number of esters is 1. The van der Waals surface area contributed by atoms with Gasteiger partial charge in [-0.05, 0) is 73.6 Å². The first-order valence-corrected chi connectivity index (χ1v) is 10.6. The Kier molecular flexibility index (Phi) is 6.11. The average Bonchev–Trinajstić information content (AvgIpc) is 2.75. The lowest BCUT2D eigenvalue weighted by Crippen LogP contribution is -2.15. The summed E-state index contributed by atoms with van der Waals surface area (Å²) in [5, 5.41) is 5.27. The van der Waals surface area contributed by atoms with E-state index in [1.807, 2.05) is 18.3 Å². The van der Waals surface area contributed by atoms with Crippen LogP contribution in [0.5, 0.6) is 0 Å². The molecule has 3 aromatic rings. The highest BCUT2D eigenvalue weighted by atomic mass is 35.5. The van der Waals surface area contributed by atoms with Gasteiger partial charge in [0.05, 0.1) is 29.6 Å². The lowest BCUT2D eigenvalue weighted by Gasteiger charge is -2.27. The van der Waals surface area contributed by atoms with Crippen molar-refractivity contribution in [3.63, 3.8) is 0 Å². The van der Waals surface area contributed by atoms with Crippen LogP contribution in [0.4, 0.5) is 15.8 Å². The second kappa shape index (κ2) is 8.78. The molecule has 1 aliphatic rings. The van der Waals surface area contributed by atoms with Crippen molar-refractivity contribution in [2.24, 2.45) is 0 Å². The van der Waals surface area contributed by atoms with Gasteiger partial charge in [-0.3, -0.25) is 4.98 Å². The number of benzene rings is 2. The number of pyridine rings is 1. The van der Waals surface area contributed by atoms with Gasteiger partial charge in [0.15, 0.2) is 0 Å². The van der Waals surface area contributed by atoms with Crippen molar-refractivity contribution in [3.8, 4) is 0 Å². The molecule has 7 heteroatoms. The zero-order valence-corrected chi connectivity index (χ0v) is 17.9. The molecule has 0 bridgehead atoms. The van der Waals surface area contributed by atoms with Gasteiger partial charge in [-0.1, -0.05) is 23.2 Å². The Labute approximate surface area is 184 Å². The van der Waals surface area contributed by atoms with Crippen molar-refractivity contribution in [2.75, 3.05) is 12.4 Å². The van der Waals surface area contributed by atoms with Crippen molar-refractivity contribution in [1.82, 2.24) is 4.98 Å². The van der Waals surface area contributed by atoms with E-state index in [2.05, 4.69) is 10.3 Å². The van der Waals surface area contributed by atoms with Crippen LogP contribution in [0.1, 0.15) is 47.5 Å². The van der Waals surface area contributed by atoms with Gasteiger partial charge >= 0.3 is 5.97 Å². The topological polar surface area (TPSA) is 51.2 Å². The molecule has 1 aliphatic carbocycles.